The molecule has 2 heterocycles. The van der Waals surface area contributed by atoms with E-state index in [4.69, 9.17) is 0 Å². The number of nitrogens with one attached hydrogen (secondary N) is 1. The van der Waals surface area contributed by atoms with Gasteiger partial charge in [-0.3, -0.25) is 5.10 Å². The van der Waals surface area contributed by atoms with Crippen LogP contribution in [0.2, 0.25) is 0 Å². The van der Waals surface area contributed by atoms with Gasteiger partial charge in [0.1, 0.15) is 4.90 Å². The zero-order valence-electron chi connectivity index (χ0n) is 13.1. The number of aromatic amines is 1. The molecule has 0 saturated carbocycles. The van der Waals surface area contributed by atoms with Crippen molar-refractivity contribution in [2.45, 2.75) is 31.2 Å². The summed E-state index contributed by atoms with van der Waals surface area (Å²) < 4.78 is 27.8. The number of sulfonamides is 1. The van der Waals surface area contributed by atoms with Crippen LogP contribution >= 0.6 is 11.8 Å². The SMILES string of the molecule is Cc1n[nH]c(C)c1S(=O)(=O)N1CCCSCC1CN(C)C. The maximum Gasteiger partial charge on any atom is 0.247 e. The third-order valence-corrected chi connectivity index (χ3v) is 7.00. The topological polar surface area (TPSA) is 69.3 Å². The number of hydrogen-bond acceptors (Lipinski definition) is 5. The van der Waals surface area contributed by atoms with E-state index in [0.29, 0.717) is 22.8 Å². The van der Waals surface area contributed by atoms with Crippen LogP contribution in [0.1, 0.15) is 17.8 Å². The molecule has 2 rings (SSSR count). The first-order valence-electron chi connectivity index (χ1n) is 7.10. The summed E-state index contributed by atoms with van der Waals surface area (Å²) in [6.07, 6.45) is 0.893. The molecular weight excluding hydrogens is 308 g/mol. The second-order valence-corrected chi connectivity index (χ2v) is 8.70. The molecule has 1 aromatic heterocycles. The zero-order valence-corrected chi connectivity index (χ0v) is 14.7. The molecule has 0 aliphatic carbocycles. The number of H-pyrrole nitrogens is 1. The molecule has 1 unspecified atom stereocenters. The first-order valence-corrected chi connectivity index (χ1v) is 9.69. The van der Waals surface area contributed by atoms with Crippen LogP contribution < -0.4 is 0 Å². The molecule has 0 spiro atoms. The van der Waals surface area contributed by atoms with E-state index in [1.165, 1.54) is 0 Å². The summed E-state index contributed by atoms with van der Waals surface area (Å²) in [7, 11) is 0.463. The van der Waals surface area contributed by atoms with E-state index >= 15 is 0 Å². The fraction of sp³-hybridized carbons (Fsp3) is 0.769. The Morgan fingerprint density at radius 2 is 2.14 bits per heavy atom. The molecule has 6 nitrogen and oxygen atoms in total. The molecule has 1 fully saturated rings. The first-order chi connectivity index (χ1) is 9.84. The molecule has 21 heavy (non-hydrogen) atoms. The van der Waals surface area contributed by atoms with E-state index in [-0.39, 0.29) is 6.04 Å². The highest BCUT2D eigenvalue weighted by Crippen LogP contribution is 2.27. The molecule has 8 heteroatoms. The van der Waals surface area contributed by atoms with Crippen LogP contribution in [-0.2, 0) is 10.0 Å². The highest BCUT2D eigenvalue weighted by molar-refractivity contribution is 7.99. The number of aryl methyl sites for hydroxylation is 2. The van der Waals surface area contributed by atoms with Gasteiger partial charge in [-0.05, 0) is 40.1 Å². The maximum absolute atomic E-state index is 13.1. The Hall–Kier alpha value is -0.570. The maximum atomic E-state index is 13.1. The molecule has 0 amide bonds. The van der Waals surface area contributed by atoms with Crippen LogP contribution in [-0.4, -0.2) is 72.6 Å². The summed E-state index contributed by atoms with van der Waals surface area (Å²) in [5.74, 6) is 1.85. The lowest BCUT2D eigenvalue weighted by atomic mass is 10.3. The lowest BCUT2D eigenvalue weighted by Gasteiger charge is -2.30. The largest absolute Gasteiger partial charge is 0.308 e. The minimum absolute atomic E-state index is 0.00574. The minimum Gasteiger partial charge on any atom is -0.308 e. The Morgan fingerprint density at radius 3 is 2.71 bits per heavy atom. The molecule has 1 atom stereocenters. The predicted octanol–water partition coefficient (Wildman–Crippen LogP) is 1.08. The van der Waals surface area contributed by atoms with Gasteiger partial charge in [0.25, 0.3) is 0 Å². The molecule has 0 radical (unpaired) electrons. The number of likely N-dealkylation sites (N-methyl/N-ethyl adjacent to an activating group) is 1. The van der Waals surface area contributed by atoms with Gasteiger partial charge in [0, 0.05) is 24.9 Å². The van der Waals surface area contributed by atoms with Crippen molar-refractivity contribution in [2.75, 3.05) is 38.7 Å². The van der Waals surface area contributed by atoms with Gasteiger partial charge in [-0.15, -0.1) is 0 Å². The molecule has 120 valence electrons. The standard InChI is InChI=1S/C13H24N4O2S2/c1-10-13(11(2)15-14-10)21(18,19)17-6-5-7-20-9-12(17)8-16(3)4/h12H,5-9H2,1-4H3,(H,14,15). The Labute approximate surface area is 131 Å². The van der Waals surface area contributed by atoms with E-state index in [0.717, 1.165) is 24.5 Å². The van der Waals surface area contributed by atoms with Gasteiger partial charge in [0.15, 0.2) is 0 Å². The minimum atomic E-state index is -3.50. The van der Waals surface area contributed by atoms with Crippen LogP contribution in [0.25, 0.3) is 0 Å². The van der Waals surface area contributed by atoms with Gasteiger partial charge in [-0.25, -0.2) is 8.42 Å². The molecular formula is C13H24N4O2S2. The average molecular weight is 332 g/mol. The molecule has 1 aromatic rings. The highest BCUT2D eigenvalue weighted by Gasteiger charge is 2.35. The highest BCUT2D eigenvalue weighted by atomic mass is 32.2. The van der Waals surface area contributed by atoms with E-state index in [1.54, 1.807) is 18.2 Å². The normalized spacial score (nSPS) is 21.7. The van der Waals surface area contributed by atoms with Crippen molar-refractivity contribution in [3.63, 3.8) is 0 Å². The van der Waals surface area contributed by atoms with Crippen LogP contribution in [0.4, 0.5) is 0 Å². The quantitative estimate of drug-likeness (QED) is 0.894. The van der Waals surface area contributed by atoms with Gasteiger partial charge in [-0.2, -0.15) is 21.2 Å². The van der Waals surface area contributed by atoms with Crippen molar-refractivity contribution >= 4 is 21.8 Å². The molecule has 0 bridgehead atoms. The predicted molar refractivity (Wildman–Crippen MR) is 86.2 cm³/mol. The number of thioether (sulfide) groups is 1. The second kappa shape index (κ2) is 6.68. The summed E-state index contributed by atoms with van der Waals surface area (Å²) in [6, 6.07) is 0.00574. The smallest absolute Gasteiger partial charge is 0.247 e. The summed E-state index contributed by atoms with van der Waals surface area (Å²) in [5.41, 5.74) is 1.17. The van der Waals surface area contributed by atoms with Crippen molar-refractivity contribution < 1.29 is 8.42 Å². The Kier molecular flexibility index (Phi) is 5.34. The Bertz CT molecular complexity index is 563. The zero-order chi connectivity index (χ0) is 15.6. The third-order valence-electron chi connectivity index (χ3n) is 3.59. The first kappa shape index (κ1) is 16.8. The summed E-state index contributed by atoms with van der Waals surface area (Å²) >= 11 is 1.84. The van der Waals surface area contributed by atoms with E-state index < -0.39 is 10.0 Å². The van der Waals surface area contributed by atoms with Crippen molar-refractivity contribution in [3.05, 3.63) is 11.4 Å². The van der Waals surface area contributed by atoms with Crippen molar-refractivity contribution in [2.24, 2.45) is 0 Å². The second-order valence-electron chi connectivity index (χ2n) is 5.72. The lowest BCUT2D eigenvalue weighted by molar-refractivity contribution is 0.271. The number of hydrogen-bond donors (Lipinski definition) is 1. The number of nitrogens with zero attached hydrogens (tertiary/aromatic N) is 3. The molecule has 1 aliphatic rings. The fourth-order valence-corrected chi connectivity index (χ4v) is 5.87. The fourth-order valence-electron chi connectivity index (χ4n) is 2.73. The summed E-state index contributed by atoms with van der Waals surface area (Å²) in [4.78, 5) is 2.40. The van der Waals surface area contributed by atoms with Gasteiger partial charge in [-0.1, -0.05) is 0 Å². The van der Waals surface area contributed by atoms with E-state index in [9.17, 15) is 8.42 Å². The number of aromatic nitrogens is 2. The van der Waals surface area contributed by atoms with Crippen molar-refractivity contribution in [1.82, 2.24) is 19.4 Å². The summed E-state index contributed by atoms with van der Waals surface area (Å²) in [5, 5.41) is 6.82. The van der Waals surface area contributed by atoms with Crippen molar-refractivity contribution in [1.29, 1.82) is 0 Å². The molecule has 1 saturated heterocycles. The number of rotatable bonds is 4. The van der Waals surface area contributed by atoms with Crippen molar-refractivity contribution in [3.8, 4) is 0 Å². The monoisotopic (exact) mass is 332 g/mol. The summed E-state index contributed by atoms with van der Waals surface area (Å²) in [6.45, 7) is 4.82. The van der Waals surface area contributed by atoms with Gasteiger partial charge >= 0.3 is 0 Å². The molecule has 1 aliphatic heterocycles. The van der Waals surface area contributed by atoms with E-state index in [2.05, 4.69) is 10.2 Å². The Morgan fingerprint density at radius 1 is 1.43 bits per heavy atom. The van der Waals surface area contributed by atoms with Crippen LogP contribution in [0.15, 0.2) is 4.90 Å². The third kappa shape index (κ3) is 3.61. The lowest BCUT2D eigenvalue weighted by Crippen LogP contribution is -2.46. The van der Waals surface area contributed by atoms with Crippen LogP contribution in [0.5, 0.6) is 0 Å². The van der Waals surface area contributed by atoms with Gasteiger partial charge in [0.2, 0.25) is 10.0 Å². The molecule has 1 N–H and O–H groups in total. The molecule has 0 aromatic carbocycles. The van der Waals surface area contributed by atoms with E-state index in [1.807, 2.05) is 30.8 Å². The van der Waals surface area contributed by atoms with Gasteiger partial charge < -0.3 is 4.90 Å². The average Bonchev–Trinajstić information content (AvgIpc) is 2.60. The van der Waals surface area contributed by atoms with Crippen LogP contribution in [0.3, 0.4) is 0 Å². The van der Waals surface area contributed by atoms with Crippen LogP contribution in [0, 0.1) is 13.8 Å². The van der Waals surface area contributed by atoms with Gasteiger partial charge in [0.05, 0.1) is 11.4 Å². The Balaban J connectivity index is 2.39.